The molecule has 1 N–H and O–H groups in total. The third kappa shape index (κ3) is 2.66. The Bertz CT molecular complexity index is 482. The maximum absolute atomic E-state index is 12.6. The zero-order valence-corrected chi connectivity index (χ0v) is 12.1. The largest absolute Gasteiger partial charge is 0.371 e. The predicted octanol–water partition coefficient (Wildman–Crippen LogP) is 2.00. The molecule has 0 bridgehead atoms. The van der Waals surface area contributed by atoms with E-state index in [0.717, 1.165) is 37.4 Å². The number of carbonyl (C=O) groups is 1. The second-order valence-electron chi connectivity index (χ2n) is 5.81. The van der Waals surface area contributed by atoms with Crippen LogP contribution in [0, 0.1) is 0 Å². The average Bonchev–Trinajstić information content (AvgIpc) is 2.49. The van der Waals surface area contributed by atoms with Crippen LogP contribution in [0.1, 0.15) is 25.7 Å². The Morgan fingerprint density at radius 3 is 2.80 bits per heavy atom. The quantitative estimate of drug-likeness (QED) is 0.895. The van der Waals surface area contributed by atoms with Gasteiger partial charge >= 0.3 is 0 Å². The molecule has 1 saturated heterocycles. The van der Waals surface area contributed by atoms with Crippen LogP contribution in [0.3, 0.4) is 0 Å². The molecule has 3 rings (SSSR count). The number of hydrogen-bond donors (Lipinski definition) is 1. The smallest absolute Gasteiger partial charge is 0.228 e. The van der Waals surface area contributed by atoms with Crippen LogP contribution in [0.5, 0.6) is 0 Å². The molecule has 2 aliphatic heterocycles. The van der Waals surface area contributed by atoms with Gasteiger partial charge in [-0.05, 0) is 31.5 Å². The summed E-state index contributed by atoms with van der Waals surface area (Å²) in [5.41, 5.74) is 2.21. The predicted molar refractivity (Wildman–Crippen MR) is 82.3 cm³/mol. The van der Waals surface area contributed by atoms with Crippen LogP contribution in [-0.2, 0) is 4.79 Å². The van der Waals surface area contributed by atoms with Gasteiger partial charge in [-0.1, -0.05) is 18.6 Å². The summed E-state index contributed by atoms with van der Waals surface area (Å²) in [5, 5.41) is 3.46. The molecule has 4 heteroatoms. The number of hydrogen-bond acceptors (Lipinski definition) is 3. The Morgan fingerprint density at radius 2 is 2.05 bits per heavy atom. The number of fused-ring (bicyclic) bond motifs is 1. The number of benzene rings is 1. The van der Waals surface area contributed by atoms with Gasteiger partial charge in [0.05, 0.1) is 11.4 Å². The van der Waals surface area contributed by atoms with Gasteiger partial charge in [0.1, 0.15) is 0 Å². The molecule has 0 aromatic heterocycles. The minimum atomic E-state index is 0.255. The highest BCUT2D eigenvalue weighted by atomic mass is 16.2. The molecule has 1 aromatic rings. The molecule has 1 unspecified atom stereocenters. The Morgan fingerprint density at radius 1 is 1.25 bits per heavy atom. The molecular weight excluding hydrogens is 250 g/mol. The maximum Gasteiger partial charge on any atom is 0.228 e. The Balaban J connectivity index is 1.73. The topological polar surface area (TPSA) is 35.6 Å². The number of rotatable bonds is 2. The van der Waals surface area contributed by atoms with Gasteiger partial charge in [-0.15, -0.1) is 0 Å². The molecule has 108 valence electrons. The standard InChI is InChI=1S/C16H23N3O/c1-18-10-11-19(15-8-3-2-7-14(15)18)16(20)12-13-6-4-5-9-17-13/h2-3,7-8,13,17H,4-6,9-12H2,1H3. The first kappa shape index (κ1) is 13.4. The van der Waals surface area contributed by atoms with Gasteiger partial charge in [0, 0.05) is 32.6 Å². The summed E-state index contributed by atoms with van der Waals surface area (Å²) in [4.78, 5) is 16.8. The van der Waals surface area contributed by atoms with Gasteiger partial charge in [0.2, 0.25) is 5.91 Å². The van der Waals surface area contributed by atoms with E-state index >= 15 is 0 Å². The molecule has 0 saturated carbocycles. The molecule has 1 aromatic carbocycles. The van der Waals surface area contributed by atoms with Crippen molar-refractivity contribution in [2.45, 2.75) is 31.7 Å². The van der Waals surface area contributed by atoms with Crippen molar-refractivity contribution in [3.8, 4) is 0 Å². The summed E-state index contributed by atoms with van der Waals surface area (Å²) in [6.45, 7) is 2.75. The number of nitrogens with zero attached hydrogens (tertiary/aromatic N) is 2. The van der Waals surface area contributed by atoms with E-state index < -0.39 is 0 Å². The fraction of sp³-hybridized carbons (Fsp3) is 0.562. The van der Waals surface area contributed by atoms with Crippen LogP contribution in [0.4, 0.5) is 11.4 Å². The third-order valence-electron chi connectivity index (χ3n) is 4.38. The van der Waals surface area contributed by atoms with Crippen LogP contribution >= 0.6 is 0 Å². The molecule has 4 nitrogen and oxygen atoms in total. The first-order valence-electron chi connectivity index (χ1n) is 7.59. The molecule has 1 fully saturated rings. The molecule has 1 amide bonds. The van der Waals surface area contributed by atoms with Crippen molar-refractivity contribution < 1.29 is 4.79 Å². The van der Waals surface area contributed by atoms with Crippen molar-refractivity contribution in [1.82, 2.24) is 5.32 Å². The lowest BCUT2D eigenvalue weighted by Gasteiger charge is -2.36. The number of carbonyl (C=O) groups excluding carboxylic acids is 1. The third-order valence-corrected chi connectivity index (χ3v) is 4.38. The van der Waals surface area contributed by atoms with Crippen LogP contribution in [-0.4, -0.2) is 38.6 Å². The Hall–Kier alpha value is -1.55. The number of anilines is 2. The van der Waals surface area contributed by atoms with E-state index in [9.17, 15) is 4.79 Å². The van der Waals surface area contributed by atoms with Crippen molar-refractivity contribution in [1.29, 1.82) is 0 Å². The zero-order valence-electron chi connectivity index (χ0n) is 12.1. The molecular formula is C16H23N3O. The highest BCUT2D eigenvalue weighted by molar-refractivity contribution is 5.98. The summed E-state index contributed by atoms with van der Waals surface area (Å²) < 4.78 is 0. The normalized spacial score (nSPS) is 22.6. The summed E-state index contributed by atoms with van der Waals surface area (Å²) in [7, 11) is 2.09. The molecule has 2 aliphatic rings. The van der Waals surface area contributed by atoms with Gasteiger partial charge in [-0.25, -0.2) is 0 Å². The second kappa shape index (κ2) is 5.83. The lowest BCUT2D eigenvalue weighted by molar-refractivity contribution is -0.119. The van der Waals surface area contributed by atoms with Crippen molar-refractivity contribution in [3.63, 3.8) is 0 Å². The number of para-hydroxylation sites is 2. The molecule has 0 spiro atoms. The van der Waals surface area contributed by atoms with E-state index in [-0.39, 0.29) is 5.91 Å². The first-order valence-corrected chi connectivity index (χ1v) is 7.59. The number of amides is 1. The monoisotopic (exact) mass is 273 g/mol. The minimum absolute atomic E-state index is 0.255. The maximum atomic E-state index is 12.6. The average molecular weight is 273 g/mol. The van der Waals surface area contributed by atoms with Crippen LogP contribution in [0.2, 0.25) is 0 Å². The van der Waals surface area contributed by atoms with Gasteiger partial charge < -0.3 is 15.1 Å². The zero-order chi connectivity index (χ0) is 13.9. The summed E-state index contributed by atoms with van der Waals surface area (Å²) >= 11 is 0. The molecule has 0 radical (unpaired) electrons. The summed E-state index contributed by atoms with van der Waals surface area (Å²) in [6.07, 6.45) is 4.23. The Kier molecular flexibility index (Phi) is 3.92. The van der Waals surface area contributed by atoms with Crippen molar-refractivity contribution in [2.75, 3.05) is 36.5 Å². The van der Waals surface area contributed by atoms with Crippen molar-refractivity contribution >= 4 is 17.3 Å². The molecule has 2 heterocycles. The Labute approximate surface area is 120 Å². The van der Waals surface area contributed by atoms with E-state index in [1.165, 1.54) is 12.8 Å². The van der Waals surface area contributed by atoms with E-state index in [1.807, 2.05) is 17.0 Å². The van der Waals surface area contributed by atoms with E-state index in [0.29, 0.717) is 12.5 Å². The lowest BCUT2D eigenvalue weighted by Crippen LogP contribution is -2.45. The van der Waals surface area contributed by atoms with Crippen LogP contribution in [0.15, 0.2) is 24.3 Å². The number of nitrogens with one attached hydrogen (secondary N) is 1. The van der Waals surface area contributed by atoms with E-state index in [1.54, 1.807) is 0 Å². The van der Waals surface area contributed by atoms with Crippen LogP contribution < -0.4 is 15.1 Å². The number of piperidine rings is 1. The minimum Gasteiger partial charge on any atom is -0.371 e. The molecule has 20 heavy (non-hydrogen) atoms. The van der Waals surface area contributed by atoms with E-state index in [4.69, 9.17) is 0 Å². The number of likely N-dealkylation sites (N-methyl/N-ethyl adjacent to an activating group) is 1. The van der Waals surface area contributed by atoms with Gasteiger partial charge in [0.15, 0.2) is 0 Å². The highest BCUT2D eigenvalue weighted by Crippen LogP contribution is 2.32. The van der Waals surface area contributed by atoms with Crippen molar-refractivity contribution in [2.24, 2.45) is 0 Å². The fourth-order valence-corrected chi connectivity index (χ4v) is 3.18. The fourth-order valence-electron chi connectivity index (χ4n) is 3.18. The SMILES string of the molecule is CN1CCN(C(=O)CC2CCCCN2)c2ccccc21. The van der Waals surface area contributed by atoms with Gasteiger partial charge in [-0.3, -0.25) is 4.79 Å². The van der Waals surface area contributed by atoms with Crippen LogP contribution in [0.25, 0.3) is 0 Å². The van der Waals surface area contributed by atoms with Gasteiger partial charge in [-0.2, -0.15) is 0 Å². The molecule has 1 atom stereocenters. The highest BCUT2D eigenvalue weighted by Gasteiger charge is 2.26. The molecule has 0 aliphatic carbocycles. The summed E-state index contributed by atoms with van der Waals surface area (Å²) in [6, 6.07) is 8.55. The first-order chi connectivity index (χ1) is 9.75. The van der Waals surface area contributed by atoms with Crippen molar-refractivity contribution in [3.05, 3.63) is 24.3 Å². The lowest BCUT2D eigenvalue weighted by atomic mass is 10.0. The van der Waals surface area contributed by atoms with Gasteiger partial charge in [0.25, 0.3) is 0 Å². The van der Waals surface area contributed by atoms with E-state index in [2.05, 4.69) is 29.4 Å². The summed E-state index contributed by atoms with van der Waals surface area (Å²) in [5.74, 6) is 0.255. The second-order valence-corrected chi connectivity index (χ2v) is 5.81.